The van der Waals surface area contributed by atoms with Gasteiger partial charge in [-0.05, 0) is 83.1 Å². The Kier molecular flexibility index (Phi) is 12.1. The molecule has 1 aliphatic rings. The second kappa shape index (κ2) is 16.4. The molecular formula is C45H44N2O5. The number of aliphatic hydroxyl groups is 3. The number of fused-ring (bicyclic) bond motifs is 1. The predicted molar refractivity (Wildman–Crippen MR) is 215 cm³/mol. The highest BCUT2D eigenvalue weighted by Crippen LogP contribution is 2.29. The second-order valence-electron chi connectivity index (χ2n) is 12.7. The Morgan fingerprint density at radius 1 is 0.481 bits per heavy atom. The number of imide groups is 1. The first-order chi connectivity index (χ1) is 24.6. The highest BCUT2D eigenvalue weighted by atomic mass is 16.3. The summed E-state index contributed by atoms with van der Waals surface area (Å²) in [4.78, 5) is 25.9. The van der Waals surface area contributed by atoms with Crippen LogP contribution in [0.2, 0.25) is 0 Å². The van der Waals surface area contributed by atoms with Crippen molar-refractivity contribution in [1.29, 1.82) is 0 Å². The molecule has 0 atom stereocenters. The van der Waals surface area contributed by atoms with E-state index in [0.29, 0.717) is 33.5 Å². The minimum Gasteiger partial charge on any atom is -0.508 e. The van der Waals surface area contributed by atoms with Crippen LogP contribution in [0.3, 0.4) is 0 Å². The highest BCUT2D eigenvalue weighted by molar-refractivity contribution is 6.34. The number of nitrogens with one attached hydrogen (secondary N) is 1. The summed E-state index contributed by atoms with van der Waals surface area (Å²) in [7, 11) is 0. The van der Waals surface area contributed by atoms with Crippen molar-refractivity contribution in [2.24, 2.45) is 0 Å². The summed E-state index contributed by atoms with van der Waals surface area (Å²) in [6, 6.07) is 31.9. The number of amides is 2. The van der Waals surface area contributed by atoms with E-state index < -0.39 is 0 Å². The van der Waals surface area contributed by atoms with Gasteiger partial charge in [0.1, 0.15) is 17.3 Å². The molecule has 7 heteroatoms. The van der Waals surface area contributed by atoms with E-state index in [2.05, 4.69) is 31.6 Å². The van der Waals surface area contributed by atoms with Crippen LogP contribution < -0.4 is 10.2 Å². The lowest BCUT2D eigenvalue weighted by Crippen LogP contribution is -2.29. The van der Waals surface area contributed by atoms with Gasteiger partial charge in [0.2, 0.25) is 0 Å². The van der Waals surface area contributed by atoms with Crippen LogP contribution in [0.15, 0.2) is 129 Å². The normalized spacial score (nSPS) is 11.4. The van der Waals surface area contributed by atoms with Crippen molar-refractivity contribution in [3.63, 3.8) is 0 Å². The molecule has 6 rings (SSSR count). The fourth-order valence-electron chi connectivity index (χ4n) is 5.47. The first-order valence-corrected chi connectivity index (χ1v) is 16.5. The lowest BCUT2D eigenvalue weighted by atomic mass is 10.0. The Labute approximate surface area is 305 Å². The van der Waals surface area contributed by atoms with Gasteiger partial charge in [-0.15, -0.1) is 0 Å². The van der Waals surface area contributed by atoms with Crippen molar-refractivity contribution in [3.05, 3.63) is 191 Å². The molecule has 5 aromatic carbocycles. The maximum absolute atomic E-state index is 12.3. The average molecular weight is 693 g/mol. The van der Waals surface area contributed by atoms with Gasteiger partial charge in [-0.3, -0.25) is 9.59 Å². The van der Waals surface area contributed by atoms with Crippen LogP contribution in [0, 0.1) is 34.6 Å². The van der Waals surface area contributed by atoms with Gasteiger partial charge < -0.3 is 20.6 Å². The first-order valence-electron chi connectivity index (χ1n) is 16.5. The van der Waals surface area contributed by atoms with Crippen LogP contribution in [0.1, 0.15) is 70.8 Å². The molecule has 2 amide bonds. The van der Waals surface area contributed by atoms with Gasteiger partial charge in [-0.2, -0.15) is 0 Å². The lowest BCUT2D eigenvalue weighted by molar-refractivity contribution is 0.0926. The number of benzene rings is 5. The van der Waals surface area contributed by atoms with E-state index in [1.807, 2.05) is 101 Å². The predicted octanol–water partition coefficient (Wildman–Crippen LogP) is 11.1. The van der Waals surface area contributed by atoms with Crippen molar-refractivity contribution in [3.8, 4) is 0 Å². The summed E-state index contributed by atoms with van der Waals surface area (Å²) < 4.78 is 0. The fourth-order valence-corrected chi connectivity index (χ4v) is 5.47. The van der Waals surface area contributed by atoms with Gasteiger partial charge >= 0.3 is 0 Å². The molecule has 1 heterocycles. The van der Waals surface area contributed by atoms with Crippen LogP contribution in [-0.4, -0.2) is 27.1 Å². The summed E-state index contributed by atoms with van der Waals surface area (Å²) in [5.74, 6) is -0.567. The number of aryl methyl sites for hydroxylation is 5. The molecule has 0 saturated carbocycles. The Balaban J connectivity index is 0.000000179. The van der Waals surface area contributed by atoms with Crippen LogP contribution in [0.4, 0.5) is 11.4 Å². The SMILES string of the molecule is C=C(O)c1ccc(C)cc1C(=C)Nc1ccc(C)cc1.C=C(O)c1ccc(C)cc1C(=C)O.Cc1ccc(N2C(=O)c3ccc(C)cc3C2=O)cc1. The minimum absolute atomic E-state index is 0.0480. The number of aliphatic hydroxyl groups excluding tert-OH is 3. The van der Waals surface area contributed by atoms with Crippen LogP contribution in [0.25, 0.3) is 23.0 Å². The van der Waals surface area contributed by atoms with E-state index >= 15 is 0 Å². The number of carbonyl (C=O) groups is 2. The monoisotopic (exact) mass is 692 g/mol. The summed E-state index contributed by atoms with van der Waals surface area (Å²) in [6.45, 7) is 24.3. The van der Waals surface area contributed by atoms with Crippen molar-refractivity contribution < 1.29 is 24.9 Å². The zero-order valence-electron chi connectivity index (χ0n) is 30.2. The van der Waals surface area contributed by atoms with E-state index in [-0.39, 0.29) is 29.1 Å². The molecule has 0 radical (unpaired) electrons. The maximum Gasteiger partial charge on any atom is 0.266 e. The molecule has 0 fully saturated rings. The van der Waals surface area contributed by atoms with E-state index in [0.717, 1.165) is 39.2 Å². The molecule has 1 aliphatic heterocycles. The Morgan fingerprint density at radius 2 is 0.885 bits per heavy atom. The lowest BCUT2D eigenvalue weighted by Gasteiger charge is -2.14. The van der Waals surface area contributed by atoms with E-state index in [9.17, 15) is 24.9 Å². The minimum atomic E-state index is -0.246. The first kappa shape index (κ1) is 38.2. The van der Waals surface area contributed by atoms with Gasteiger partial charge in [0.25, 0.3) is 11.8 Å². The van der Waals surface area contributed by atoms with Gasteiger partial charge in [0.05, 0.1) is 16.8 Å². The molecule has 0 bridgehead atoms. The Hall–Kier alpha value is -6.60. The molecule has 264 valence electrons. The maximum atomic E-state index is 12.3. The van der Waals surface area contributed by atoms with Crippen molar-refractivity contribution in [2.45, 2.75) is 34.6 Å². The smallest absolute Gasteiger partial charge is 0.266 e. The van der Waals surface area contributed by atoms with Gasteiger partial charge in [-0.25, -0.2) is 4.90 Å². The standard InChI is InChI=1S/C18H19NO.C16H13NO2.C11H12O2/c1-12-5-8-16(9-6-12)19-14(3)18-11-13(2)7-10-17(18)15(4)20;1-10-3-6-12(7-4-10)17-15(18)13-8-5-11(2)9-14(13)16(17)19;1-7-4-5-10(8(2)12)11(6-7)9(3)13/h5-11,19-20H,3-4H2,1-2H3;3-9H,1-2H3;4-6,12-13H,2-3H2,1H3. The summed E-state index contributed by atoms with van der Waals surface area (Å²) in [5.41, 5.74) is 11.3. The topological polar surface area (TPSA) is 110 Å². The third-order valence-electron chi connectivity index (χ3n) is 8.29. The summed E-state index contributed by atoms with van der Waals surface area (Å²) in [5, 5.41) is 31.4. The third-order valence-corrected chi connectivity index (χ3v) is 8.29. The van der Waals surface area contributed by atoms with E-state index in [4.69, 9.17) is 0 Å². The van der Waals surface area contributed by atoms with E-state index in [1.54, 1.807) is 36.4 Å². The van der Waals surface area contributed by atoms with Crippen LogP contribution >= 0.6 is 0 Å². The average Bonchev–Trinajstić information content (AvgIpc) is 3.34. The van der Waals surface area contributed by atoms with Gasteiger partial charge in [-0.1, -0.05) is 109 Å². The largest absolute Gasteiger partial charge is 0.508 e. The molecule has 4 N–H and O–H groups in total. The van der Waals surface area contributed by atoms with Crippen molar-refractivity contribution in [1.82, 2.24) is 0 Å². The Bertz CT molecular complexity index is 2190. The van der Waals surface area contributed by atoms with Gasteiger partial charge in [0.15, 0.2) is 0 Å². The molecule has 0 saturated heterocycles. The number of carbonyl (C=O) groups excluding carboxylic acids is 2. The zero-order valence-corrected chi connectivity index (χ0v) is 30.2. The summed E-state index contributed by atoms with van der Waals surface area (Å²) >= 11 is 0. The van der Waals surface area contributed by atoms with Crippen LogP contribution in [-0.2, 0) is 0 Å². The van der Waals surface area contributed by atoms with E-state index in [1.165, 1.54) is 10.5 Å². The molecule has 7 nitrogen and oxygen atoms in total. The van der Waals surface area contributed by atoms with Gasteiger partial charge in [0, 0.05) is 33.6 Å². The van der Waals surface area contributed by atoms with Crippen LogP contribution in [0.5, 0.6) is 0 Å². The van der Waals surface area contributed by atoms with Crippen molar-refractivity contribution in [2.75, 3.05) is 10.2 Å². The fraction of sp³-hybridized carbons (Fsp3) is 0.111. The zero-order chi connectivity index (χ0) is 38.3. The Morgan fingerprint density at radius 3 is 1.40 bits per heavy atom. The summed E-state index contributed by atoms with van der Waals surface area (Å²) in [6.07, 6.45) is 0. The second-order valence-corrected chi connectivity index (χ2v) is 12.7. The highest BCUT2D eigenvalue weighted by Gasteiger charge is 2.36. The number of anilines is 2. The number of nitrogens with zero attached hydrogens (tertiary/aromatic N) is 1. The molecule has 0 aromatic heterocycles. The molecule has 0 unspecified atom stereocenters. The molecule has 0 spiro atoms. The molecular weight excluding hydrogens is 649 g/mol. The molecule has 5 aromatic rings. The quantitative estimate of drug-likeness (QED) is 0.0998. The number of rotatable bonds is 7. The van der Waals surface area contributed by atoms with Crippen molar-refractivity contribution >= 4 is 46.2 Å². The third kappa shape index (κ3) is 9.14. The molecule has 52 heavy (non-hydrogen) atoms. The number of hydrogen-bond acceptors (Lipinski definition) is 6. The number of hydrogen-bond donors (Lipinski definition) is 4. The molecule has 0 aliphatic carbocycles.